The molecule has 2 heterocycles. The minimum absolute atomic E-state index is 0.784. The summed E-state index contributed by atoms with van der Waals surface area (Å²) in [6.45, 7) is 7.99. The SMILES string of the molecule is CC.Cc1c(Cl)cc(C)n2ccnc12. The van der Waals surface area contributed by atoms with Crippen LogP contribution >= 0.6 is 11.6 Å². The summed E-state index contributed by atoms with van der Waals surface area (Å²) >= 11 is 6.00. The van der Waals surface area contributed by atoms with Crippen LogP contribution in [0.25, 0.3) is 5.65 Å². The van der Waals surface area contributed by atoms with E-state index in [2.05, 4.69) is 4.98 Å². The lowest BCUT2D eigenvalue weighted by molar-refractivity contribution is 1.08. The van der Waals surface area contributed by atoms with Crippen molar-refractivity contribution in [3.63, 3.8) is 0 Å². The molecule has 0 atom stereocenters. The van der Waals surface area contributed by atoms with E-state index in [0.717, 1.165) is 21.9 Å². The first-order chi connectivity index (χ1) is 6.70. The Morgan fingerprint density at radius 1 is 1.29 bits per heavy atom. The summed E-state index contributed by atoms with van der Waals surface area (Å²) in [7, 11) is 0. The van der Waals surface area contributed by atoms with Gasteiger partial charge in [0, 0.05) is 28.7 Å². The number of imidazole rings is 1. The van der Waals surface area contributed by atoms with Crippen LogP contribution < -0.4 is 0 Å². The molecule has 0 aliphatic rings. The molecule has 2 nitrogen and oxygen atoms in total. The molecule has 0 unspecified atom stereocenters. The molecule has 2 rings (SSSR count). The van der Waals surface area contributed by atoms with Crippen molar-refractivity contribution in [2.75, 3.05) is 0 Å². The van der Waals surface area contributed by atoms with E-state index < -0.39 is 0 Å². The van der Waals surface area contributed by atoms with Gasteiger partial charge in [0.05, 0.1) is 0 Å². The molecule has 0 saturated carbocycles. The van der Waals surface area contributed by atoms with Gasteiger partial charge in [-0.25, -0.2) is 4.98 Å². The molecule has 0 bridgehead atoms. The predicted octanol–water partition coefficient (Wildman–Crippen LogP) is 3.63. The lowest BCUT2D eigenvalue weighted by Gasteiger charge is -2.04. The van der Waals surface area contributed by atoms with Crippen LogP contribution in [0.2, 0.25) is 5.02 Å². The van der Waals surface area contributed by atoms with Crippen molar-refractivity contribution in [2.45, 2.75) is 27.7 Å². The second-order valence-electron chi connectivity index (χ2n) is 2.88. The van der Waals surface area contributed by atoms with Crippen molar-refractivity contribution in [3.05, 3.63) is 34.7 Å². The molecular formula is C11H15ClN2. The first kappa shape index (κ1) is 11.1. The lowest BCUT2D eigenvalue weighted by atomic mass is 10.2. The Morgan fingerprint density at radius 3 is 2.57 bits per heavy atom. The number of aryl methyl sites for hydroxylation is 2. The first-order valence-electron chi connectivity index (χ1n) is 4.79. The molecule has 2 aromatic rings. The molecule has 0 aliphatic heterocycles. The molecule has 2 aromatic heterocycles. The molecular weight excluding hydrogens is 196 g/mol. The Balaban J connectivity index is 0.000000461. The minimum Gasteiger partial charge on any atom is -0.304 e. The minimum atomic E-state index is 0.784. The third-order valence-corrected chi connectivity index (χ3v) is 2.44. The predicted molar refractivity (Wildman–Crippen MR) is 61.0 cm³/mol. The summed E-state index contributed by atoms with van der Waals surface area (Å²) in [5.41, 5.74) is 3.09. The zero-order valence-electron chi connectivity index (χ0n) is 9.00. The second kappa shape index (κ2) is 4.47. The number of pyridine rings is 1. The largest absolute Gasteiger partial charge is 0.304 e. The monoisotopic (exact) mass is 210 g/mol. The van der Waals surface area contributed by atoms with E-state index in [1.165, 1.54) is 0 Å². The van der Waals surface area contributed by atoms with Crippen molar-refractivity contribution >= 4 is 17.2 Å². The Hall–Kier alpha value is -1.02. The second-order valence-corrected chi connectivity index (χ2v) is 3.29. The zero-order valence-corrected chi connectivity index (χ0v) is 9.76. The summed E-state index contributed by atoms with van der Waals surface area (Å²) in [4.78, 5) is 4.22. The zero-order chi connectivity index (χ0) is 10.7. The van der Waals surface area contributed by atoms with E-state index in [4.69, 9.17) is 11.6 Å². The summed E-state index contributed by atoms with van der Waals surface area (Å²) in [5.74, 6) is 0. The molecule has 0 fully saturated rings. The van der Waals surface area contributed by atoms with E-state index in [9.17, 15) is 0 Å². The molecule has 0 radical (unpaired) electrons. The van der Waals surface area contributed by atoms with Crippen molar-refractivity contribution < 1.29 is 0 Å². The molecule has 0 aliphatic carbocycles. The van der Waals surface area contributed by atoms with Gasteiger partial charge in [-0.2, -0.15) is 0 Å². The number of hydrogen-bond donors (Lipinski definition) is 0. The highest BCUT2D eigenvalue weighted by Gasteiger charge is 2.04. The fourth-order valence-electron chi connectivity index (χ4n) is 1.33. The standard InChI is InChI=1S/C9H9ClN2.C2H6/c1-6-5-8(10)7(2)9-11-3-4-12(6)9;1-2/h3-5H,1-2H3;1-2H3. The maximum atomic E-state index is 6.00. The van der Waals surface area contributed by atoms with Gasteiger partial charge >= 0.3 is 0 Å². The van der Waals surface area contributed by atoms with Crippen LogP contribution in [0.3, 0.4) is 0 Å². The van der Waals surface area contributed by atoms with E-state index in [1.807, 2.05) is 44.4 Å². The highest BCUT2D eigenvalue weighted by Crippen LogP contribution is 2.20. The average molecular weight is 211 g/mol. The number of nitrogens with zero attached hydrogens (tertiary/aromatic N) is 2. The normalized spacial score (nSPS) is 9.79. The number of rotatable bonds is 0. The van der Waals surface area contributed by atoms with Gasteiger partial charge in [0.2, 0.25) is 0 Å². The van der Waals surface area contributed by atoms with E-state index >= 15 is 0 Å². The van der Waals surface area contributed by atoms with Gasteiger partial charge in [0.25, 0.3) is 0 Å². The van der Waals surface area contributed by atoms with Gasteiger partial charge in [0.15, 0.2) is 0 Å². The van der Waals surface area contributed by atoms with E-state index in [-0.39, 0.29) is 0 Å². The third kappa shape index (κ3) is 1.75. The van der Waals surface area contributed by atoms with Crippen LogP contribution in [0.1, 0.15) is 25.1 Å². The summed E-state index contributed by atoms with van der Waals surface area (Å²) in [6.07, 6.45) is 3.72. The fraction of sp³-hybridized carbons (Fsp3) is 0.364. The Morgan fingerprint density at radius 2 is 1.93 bits per heavy atom. The highest BCUT2D eigenvalue weighted by atomic mass is 35.5. The van der Waals surface area contributed by atoms with Crippen molar-refractivity contribution in [2.24, 2.45) is 0 Å². The lowest BCUT2D eigenvalue weighted by Crippen LogP contribution is -1.92. The molecule has 14 heavy (non-hydrogen) atoms. The van der Waals surface area contributed by atoms with Gasteiger partial charge in [-0.3, -0.25) is 0 Å². The molecule has 0 spiro atoms. The van der Waals surface area contributed by atoms with Crippen LogP contribution in [0.4, 0.5) is 0 Å². The van der Waals surface area contributed by atoms with E-state index in [0.29, 0.717) is 0 Å². The van der Waals surface area contributed by atoms with Crippen LogP contribution in [0, 0.1) is 13.8 Å². The van der Waals surface area contributed by atoms with E-state index in [1.54, 1.807) is 6.20 Å². The van der Waals surface area contributed by atoms with Gasteiger partial charge < -0.3 is 4.40 Å². The molecule has 76 valence electrons. The smallest absolute Gasteiger partial charge is 0.141 e. The van der Waals surface area contributed by atoms with Gasteiger partial charge in [-0.05, 0) is 19.9 Å². The summed E-state index contributed by atoms with van der Waals surface area (Å²) in [5, 5.41) is 0.784. The van der Waals surface area contributed by atoms with Crippen LogP contribution in [-0.4, -0.2) is 9.38 Å². The van der Waals surface area contributed by atoms with Crippen molar-refractivity contribution in [3.8, 4) is 0 Å². The van der Waals surface area contributed by atoms with Gasteiger partial charge in [-0.1, -0.05) is 25.4 Å². The van der Waals surface area contributed by atoms with Crippen LogP contribution in [-0.2, 0) is 0 Å². The number of halogens is 1. The molecule has 0 saturated heterocycles. The topological polar surface area (TPSA) is 17.3 Å². The number of fused-ring (bicyclic) bond motifs is 1. The molecule has 0 amide bonds. The summed E-state index contributed by atoms with van der Waals surface area (Å²) in [6, 6.07) is 1.95. The average Bonchev–Trinajstić information content (AvgIpc) is 2.67. The Bertz CT molecular complexity index is 432. The Kier molecular flexibility index (Phi) is 3.53. The number of hydrogen-bond acceptors (Lipinski definition) is 1. The molecule has 3 heteroatoms. The van der Waals surface area contributed by atoms with Gasteiger partial charge in [-0.15, -0.1) is 0 Å². The quantitative estimate of drug-likeness (QED) is 0.649. The van der Waals surface area contributed by atoms with Gasteiger partial charge in [0.1, 0.15) is 5.65 Å². The molecule has 0 aromatic carbocycles. The first-order valence-corrected chi connectivity index (χ1v) is 5.16. The van der Waals surface area contributed by atoms with Crippen LogP contribution in [0.5, 0.6) is 0 Å². The van der Waals surface area contributed by atoms with Crippen molar-refractivity contribution in [1.29, 1.82) is 0 Å². The highest BCUT2D eigenvalue weighted by molar-refractivity contribution is 6.31. The Labute approximate surface area is 89.5 Å². The fourth-order valence-corrected chi connectivity index (χ4v) is 1.58. The summed E-state index contributed by atoms with van der Waals surface area (Å²) < 4.78 is 2.03. The maximum Gasteiger partial charge on any atom is 0.141 e. The molecule has 0 N–H and O–H groups in total. The number of aromatic nitrogens is 2. The van der Waals surface area contributed by atoms with Crippen LogP contribution in [0.15, 0.2) is 18.5 Å². The maximum absolute atomic E-state index is 6.00. The third-order valence-electron chi connectivity index (χ3n) is 2.05. The van der Waals surface area contributed by atoms with Crippen molar-refractivity contribution in [1.82, 2.24) is 9.38 Å².